The van der Waals surface area contributed by atoms with E-state index in [0.717, 1.165) is 18.8 Å². The van der Waals surface area contributed by atoms with Crippen LogP contribution < -0.4 is 16.4 Å². The fourth-order valence-electron chi connectivity index (χ4n) is 2.70. The summed E-state index contributed by atoms with van der Waals surface area (Å²) in [4.78, 5) is 11.9. The lowest BCUT2D eigenvalue weighted by Crippen LogP contribution is -2.49. The summed E-state index contributed by atoms with van der Waals surface area (Å²) in [7, 11) is 0. The SMILES string of the molecule is CC(C)C(N)C(=O)NC1CCC(NCC2CC2)CC1. The van der Waals surface area contributed by atoms with Crippen LogP contribution in [0, 0.1) is 11.8 Å². The number of carbonyl (C=O) groups is 1. The normalized spacial score (nSPS) is 29.3. The van der Waals surface area contributed by atoms with Crippen LogP contribution in [0.1, 0.15) is 52.4 Å². The van der Waals surface area contributed by atoms with Crippen molar-refractivity contribution < 1.29 is 4.79 Å². The Labute approximate surface area is 116 Å². The second-order valence-corrected chi connectivity index (χ2v) is 6.68. The van der Waals surface area contributed by atoms with Crippen LogP contribution in [0.5, 0.6) is 0 Å². The maximum atomic E-state index is 11.9. The van der Waals surface area contributed by atoms with E-state index in [1.54, 1.807) is 0 Å². The number of nitrogens with two attached hydrogens (primary N) is 1. The van der Waals surface area contributed by atoms with Gasteiger partial charge in [-0.15, -0.1) is 0 Å². The van der Waals surface area contributed by atoms with Crippen molar-refractivity contribution in [2.24, 2.45) is 17.6 Å². The first-order valence-electron chi connectivity index (χ1n) is 7.85. The summed E-state index contributed by atoms with van der Waals surface area (Å²) in [5.74, 6) is 1.17. The molecule has 0 aromatic carbocycles. The van der Waals surface area contributed by atoms with Crippen molar-refractivity contribution >= 4 is 5.91 Å². The Morgan fingerprint density at radius 3 is 2.21 bits per heavy atom. The monoisotopic (exact) mass is 267 g/mol. The number of amides is 1. The highest BCUT2D eigenvalue weighted by molar-refractivity contribution is 5.82. The molecule has 1 amide bonds. The molecule has 2 fully saturated rings. The molecule has 0 aromatic heterocycles. The van der Waals surface area contributed by atoms with Gasteiger partial charge in [0.25, 0.3) is 0 Å². The molecule has 0 radical (unpaired) electrons. The van der Waals surface area contributed by atoms with Gasteiger partial charge in [0.15, 0.2) is 0 Å². The van der Waals surface area contributed by atoms with Gasteiger partial charge in [0.05, 0.1) is 6.04 Å². The van der Waals surface area contributed by atoms with Crippen LogP contribution in [0.2, 0.25) is 0 Å². The zero-order chi connectivity index (χ0) is 13.8. The molecule has 0 aliphatic heterocycles. The first kappa shape index (κ1) is 14.8. The zero-order valence-corrected chi connectivity index (χ0v) is 12.3. The first-order valence-corrected chi connectivity index (χ1v) is 7.85. The Hall–Kier alpha value is -0.610. The highest BCUT2D eigenvalue weighted by Crippen LogP contribution is 2.28. The smallest absolute Gasteiger partial charge is 0.237 e. The van der Waals surface area contributed by atoms with Gasteiger partial charge in [-0.25, -0.2) is 0 Å². The van der Waals surface area contributed by atoms with Gasteiger partial charge in [-0.05, 0) is 56.9 Å². The van der Waals surface area contributed by atoms with Crippen molar-refractivity contribution in [2.75, 3.05) is 6.54 Å². The van der Waals surface area contributed by atoms with Crippen molar-refractivity contribution in [3.63, 3.8) is 0 Å². The highest BCUT2D eigenvalue weighted by atomic mass is 16.2. The van der Waals surface area contributed by atoms with Crippen LogP contribution in [0.15, 0.2) is 0 Å². The van der Waals surface area contributed by atoms with Gasteiger partial charge in [-0.1, -0.05) is 13.8 Å². The summed E-state index contributed by atoms with van der Waals surface area (Å²) >= 11 is 0. The second-order valence-electron chi connectivity index (χ2n) is 6.68. The van der Waals surface area contributed by atoms with E-state index < -0.39 is 0 Å². The molecule has 19 heavy (non-hydrogen) atoms. The molecule has 0 aromatic rings. The van der Waals surface area contributed by atoms with Crippen LogP contribution in [0.4, 0.5) is 0 Å². The Morgan fingerprint density at radius 1 is 1.11 bits per heavy atom. The summed E-state index contributed by atoms with van der Waals surface area (Å²) in [6, 6.07) is 0.620. The molecular weight excluding hydrogens is 238 g/mol. The predicted octanol–water partition coefficient (Wildman–Crippen LogP) is 1.40. The summed E-state index contributed by atoms with van der Waals surface area (Å²) in [6.45, 7) is 5.17. The molecule has 0 spiro atoms. The van der Waals surface area contributed by atoms with E-state index in [0.29, 0.717) is 12.1 Å². The molecule has 4 N–H and O–H groups in total. The minimum absolute atomic E-state index is 0.0180. The van der Waals surface area contributed by atoms with E-state index in [1.165, 1.54) is 32.2 Å². The minimum Gasteiger partial charge on any atom is -0.352 e. The van der Waals surface area contributed by atoms with Gasteiger partial charge in [0, 0.05) is 12.1 Å². The van der Waals surface area contributed by atoms with E-state index in [1.807, 2.05) is 13.8 Å². The summed E-state index contributed by atoms with van der Waals surface area (Å²) in [6.07, 6.45) is 7.33. The number of nitrogens with one attached hydrogen (secondary N) is 2. The van der Waals surface area contributed by atoms with E-state index in [4.69, 9.17) is 5.73 Å². The Morgan fingerprint density at radius 2 is 1.68 bits per heavy atom. The number of rotatable bonds is 6. The molecule has 4 nitrogen and oxygen atoms in total. The van der Waals surface area contributed by atoms with E-state index in [-0.39, 0.29) is 17.9 Å². The minimum atomic E-state index is -0.370. The van der Waals surface area contributed by atoms with Crippen LogP contribution in [-0.4, -0.2) is 30.6 Å². The quantitative estimate of drug-likeness (QED) is 0.681. The molecular formula is C15H29N3O. The van der Waals surface area contributed by atoms with E-state index in [9.17, 15) is 4.79 Å². The largest absolute Gasteiger partial charge is 0.352 e. The molecule has 2 rings (SSSR count). The Kier molecular flexibility index (Phi) is 5.22. The zero-order valence-electron chi connectivity index (χ0n) is 12.3. The van der Waals surface area contributed by atoms with Gasteiger partial charge in [0.1, 0.15) is 0 Å². The van der Waals surface area contributed by atoms with Gasteiger partial charge in [0.2, 0.25) is 5.91 Å². The lowest BCUT2D eigenvalue weighted by atomic mass is 9.90. The summed E-state index contributed by atoms with van der Waals surface area (Å²) < 4.78 is 0. The molecule has 1 unspecified atom stereocenters. The summed E-state index contributed by atoms with van der Waals surface area (Å²) in [5, 5.41) is 6.77. The van der Waals surface area contributed by atoms with Crippen molar-refractivity contribution in [3.05, 3.63) is 0 Å². The van der Waals surface area contributed by atoms with Crippen molar-refractivity contribution in [3.8, 4) is 0 Å². The standard InChI is InChI=1S/C15H29N3O/c1-10(2)14(16)15(19)18-13-7-5-12(6-8-13)17-9-11-3-4-11/h10-14,17H,3-9,16H2,1-2H3,(H,18,19). The second kappa shape index (κ2) is 6.71. The predicted molar refractivity (Wildman–Crippen MR) is 77.7 cm³/mol. The molecule has 4 heteroatoms. The third-order valence-corrected chi connectivity index (χ3v) is 4.49. The van der Waals surface area contributed by atoms with Crippen LogP contribution in [0.3, 0.4) is 0 Å². The molecule has 0 bridgehead atoms. The first-order chi connectivity index (χ1) is 9.06. The third kappa shape index (κ3) is 4.77. The molecule has 0 saturated heterocycles. The molecule has 2 aliphatic rings. The number of hydrogen-bond donors (Lipinski definition) is 3. The fraction of sp³-hybridized carbons (Fsp3) is 0.933. The lowest BCUT2D eigenvalue weighted by Gasteiger charge is -2.31. The van der Waals surface area contributed by atoms with Crippen molar-refractivity contribution in [1.82, 2.24) is 10.6 Å². The van der Waals surface area contributed by atoms with E-state index in [2.05, 4.69) is 10.6 Å². The Bertz CT molecular complexity index is 294. The molecule has 2 saturated carbocycles. The maximum absolute atomic E-state index is 11.9. The average Bonchev–Trinajstić information content (AvgIpc) is 3.21. The van der Waals surface area contributed by atoms with Crippen LogP contribution in [-0.2, 0) is 4.79 Å². The molecule has 2 aliphatic carbocycles. The van der Waals surface area contributed by atoms with Crippen LogP contribution >= 0.6 is 0 Å². The third-order valence-electron chi connectivity index (χ3n) is 4.49. The van der Waals surface area contributed by atoms with Crippen molar-refractivity contribution in [2.45, 2.75) is 70.5 Å². The molecule has 110 valence electrons. The summed E-state index contributed by atoms with van der Waals surface area (Å²) in [5.41, 5.74) is 5.87. The lowest BCUT2D eigenvalue weighted by molar-refractivity contribution is -0.124. The highest BCUT2D eigenvalue weighted by Gasteiger charge is 2.27. The fourth-order valence-corrected chi connectivity index (χ4v) is 2.70. The molecule has 0 heterocycles. The topological polar surface area (TPSA) is 67.2 Å². The molecule has 1 atom stereocenters. The van der Waals surface area contributed by atoms with Gasteiger partial charge in [-0.2, -0.15) is 0 Å². The van der Waals surface area contributed by atoms with Gasteiger partial charge in [-0.3, -0.25) is 4.79 Å². The number of hydrogen-bond acceptors (Lipinski definition) is 3. The Balaban J connectivity index is 1.63. The maximum Gasteiger partial charge on any atom is 0.237 e. The van der Waals surface area contributed by atoms with Gasteiger partial charge >= 0.3 is 0 Å². The van der Waals surface area contributed by atoms with Crippen molar-refractivity contribution in [1.29, 1.82) is 0 Å². The van der Waals surface area contributed by atoms with E-state index >= 15 is 0 Å². The van der Waals surface area contributed by atoms with Crippen LogP contribution in [0.25, 0.3) is 0 Å². The number of carbonyl (C=O) groups excluding carboxylic acids is 1. The van der Waals surface area contributed by atoms with Gasteiger partial charge < -0.3 is 16.4 Å². The average molecular weight is 267 g/mol.